The number of rotatable bonds is 11. The van der Waals surface area contributed by atoms with Crippen LogP contribution in [0.25, 0.3) is 0 Å². The lowest BCUT2D eigenvalue weighted by molar-refractivity contribution is -0.145. The highest BCUT2D eigenvalue weighted by Crippen LogP contribution is 2.37. The number of ether oxygens (including phenoxy) is 3. The highest BCUT2D eigenvalue weighted by atomic mass is 127. The Morgan fingerprint density at radius 3 is 2.02 bits per heavy atom. The molecule has 1 saturated heterocycles. The van der Waals surface area contributed by atoms with Crippen LogP contribution in [0.2, 0.25) is 0 Å². The number of halogens is 4. The summed E-state index contributed by atoms with van der Waals surface area (Å²) in [4.78, 5) is 53.9. The van der Waals surface area contributed by atoms with Crippen molar-refractivity contribution in [2.75, 3.05) is 33.3 Å². The van der Waals surface area contributed by atoms with E-state index >= 15 is 0 Å². The molecule has 0 bridgehead atoms. The first-order valence-corrected chi connectivity index (χ1v) is 18.7. The molecule has 0 aliphatic carbocycles. The zero-order valence-corrected chi connectivity index (χ0v) is 33.8. The van der Waals surface area contributed by atoms with Crippen LogP contribution in [0, 0.1) is 14.3 Å². The van der Waals surface area contributed by atoms with Gasteiger partial charge in [0.1, 0.15) is 24.1 Å². The molecule has 4 rings (SSSR count). The van der Waals surface area contributed by atoms with Crippen LogP contribution in [0.3, 0.4) is 0 Å². The minimum atomic E-state index is -0.952. The van der Waals surface area contributed by atoms with Gasteiger partial charge in [0.05, 0.1) is 21.4 Å². The van der Waals surface area contributed by atoms with Gasteiger partial charge in [-0.1, -0.05) is 30.3 Å². The third kappa shape index (κ3) is 10.9. The third-order valence-electron chi connectivity index (χ3n) is 7.19. The number of nitrogens with one attached hydrogen (secondary N) is 1. The maximum atomic E-state index is 12.9. The number of carbonyl (C=O) groups is 4. The molecular formula is C32H31I4N3O8. The van der Waals surface area contributed by atoms with Crippen LogP contribution < -0.4 is 10.1 Å². The monoisotopic (exact) mass is 1090 g/mol. The maximum absolute atomic E-state index is 12.9. The highest BCUT2D eigenvalue weighted by molar-refractivity contribution is 14.1. The highest BCUT2D eigenvalue weighted by Gasteiger charge is 2.27. The van der Waals surface area contributed by atoms with Crippen LogP contribution in [0.4, 0.5) is 4.79 Å². The first-order chi connectivity index (χ1) is 22.4. The number of amides is 3. The van der Waals surface area contributed by atoms with Crippen LogP contribution >= 0.6 is 90.4 Å². The van der Waals surface area contributed by atoms with Crippen molar-refractivity contribution in [1.82, 2.24) is 15.1 Å². The summed E-state index contributed by atoms with van der Waals surface area (Å²) in [6.07, 6.45) is -0.384. The summed E-state index contributed by atoms with van der Waals surface area (Å²) >= 11 is 8.40. The first kappa shape index (κ1) is 37.7. The molecule has 0 aromatic heterocycles. The van der Waals surface area contributed by atoms with Gasteiger partial charge in [-0.3, -0.25) is 9.59 Å². The van der Waals surface area contributed by atoms with Gasteiger partial charge in [0, 0.05) is 45.4 Å². The van der Waals surface area contributed by atoms with Gasteiger partial charge >= 0.3 is 12.1 Å². The molecular weight excluding hydrogens is 1060 g/mol. The molecule has 0 spiro atoms. The lowest BCUT2D eigenvalue weighted by Crippen LogP contribution is -2.51. The van der Waals surface area contributed by atoms with Crippen molar-refractivity contribution in [3.63, 3.8) is 0 Å². The second-order valence-electron chi connectivity index (χ2n) is 10.5. The summed E-state index contributed by atoms with van der Waals surface area (Å²) in [7, 11) is 1.26. The Kier molecular flexibility index (Phi) is 14.4. The van der Waals surface area contributed by atoms with E-state index in [1.165, 1.54) is 7.11 Å². The molecule has 15 heteroatoms. The van der Waals surface area contributed by atoms with Crippen molar-refractivity contribution in [2.45, 2.75) is 31.9 Å². The number of nitrogens with zero attached hydrogens (tertiary/aromatic N) is 2. The predicted octanol–water partition coefficient (Wildman–Crippen LogP) is 6.06. The lowest BCUT2D eigenvalue weighted by Gasteiger charge is -2.34. The van der Waals surface area contributed by atoms with Crippen molar-refractivity contribution in [2.24, 2.45) is 0 Å². The van der Waals surface area contributed by atoms with E-state index in [1.807, 2.05) is 87.6 Å². The molecule has 2 N–H and O–H groups in total. The molecule has 1 heterocycles. The lowest BCUT2D eigenvalue weighted by atomic mass is 10.1. The number of piperazine rings is 1. The third-order valence-corrected chi connectivity index (χ3v) is 10.4. The second kappa shape index (κ2) is 18.0. The van der Waals surface area contributed by atoms with Crippen LogP contribution in [0.15, 0.2) is 54.6 Å². The largest absolute Gasteiger partial charge is 0.506 e. The van der Waals surface area contributed by atoms with Crippen molar-refractivity contribution in [1.29, 1.82) is 0 Å². The smallest absolute Gasteiger partial charge is 0.410 e. The fourth-order valence-corrected chi connectivity index (χ4v) is 8.54. The number of esters is 1. The minimum absolute atomic E-state index is 0.0326. The Balaban J connectivity index is 1.27. The molecule has 3 aromatic carbocycles. The molecule has 250 valence electrons. The topological polar surface area (TPSA) is 135 Å². The Morgan fingerprint density at radius 2 is 1.43 bits per heavy atom. The zero-order valence-electron chi connectivity index (χ0n) is 25.1. The van der Waals surface area contributed by atoms with Crippen LogP contribution in [-0.2, 0) is 36.9 Å². The van der Waals surface area contributed by atoms with E-state index in [-0.39, 0.29) is 37.5 Å². The minimum Gasteiger partial charge on any atom is -0.506 e. The average Bonchev–Trinajstić information content (AvgIpc) is 3.06. The van der Waals surface area contributed by atoms with Gasteiger partial charge in [-0.15, -0.1) is 0 Å². The first-order valence-electron chi connectivity index (χ1n) is 14.4. The quantitative estimate of drug-likeness (QED) is 0.175. The molecule has 0 radical (unpaired) electrons. The Labute approximate surface area is 327 Å². The van der Waals surface area contributed by atoms with E-state index in [1.54, 1.807) is 21.9 Å². The maximum Gasteiger partial charge on any atom is 0.410 e. The number of benzene rings is 3. The number of phenols is 1. The Bertz CT molecular complexity index is 1570. The van der Waals surface area contributed by atoms with Crippen molar-refractivity contribution < 1.29 is 38.5 Å². The van der Waals surface area contributed by atoms with Gasteiger partial charge in [-0.05, 0) is 126 Å². The van der Waals surface area contributed by atoms with Gasteiger partial charge < -0.3 is 34.4 Å². The number of phenolic OH excluding ortho intramolecular Hbond substituents is 1. The summed E-state index contributed by atoms with van der Waals surface area (Å²) in [6, 6.07) is 15.7. The Hall–Kier alpha value is -2.14. The molecule has 1 atom stereocenters. The molecule has 3 aromatic rings. The zero-order chi connectivity index (χ0) is 34.1. The van der Waals surface area contributed by atoms with E-state index < -0.39 is 24.0 Å². The van der Waals surface area contributed by atoms with Crippen molar-refractivity contribution >= 4 is 114 Å². The SMILES string of the molecule is COC(=O)[C@H](Cc1cc(I)c(Oc2cc(I)c(O)c(I)c2)c(I)c1)NC(=O)CCC(=O)N1CCN(C(=O)OCc2ccccc2)CC1. The van der Waals surface area contributed by atoms with Crippen molar-refractivity contribution in [3.05, 3.63) is 80.0 Å². The molecule has 1 aliphatic heterocycles. The predicted molar refractivity (Wildman–Crippen MR) is 207 cm³/mol. The van der Waals surface area contributed by atoms with E-state index in [4.69, 9.17) is 14.2 Å². The normalized spacial score (nSPS) is 13.5. The van der Waals surface area contributed by atoms with Gasteiger partial charge in [-0.2, -0.15) is 0 Å². The van der Waals surface area contributed by atoms with E-state index in [0.717, 1.165) is 18.3 Å². The van der Waals surface area contributed by atoms with Crippen LogP contribution in [-0.4, -0.2) is 78.1 Å². The van der Waals surface area contributed by atoms with Crippen LogP contribution in [0.1, 0.15) is 24.0 Å². The number of aromatic hydroxyl groups is 1. The number of hydrogen-bond acceptors (Lipinski definition) is 8. The second-order valence-corrected chi connectivity index (χ2v) is 15.1. The van der Waals surface area contributed by atoms with Gasteiger partial charge in [0.15, 0.2) is 5.75 Å². The van der Waals surface area contributed by atoms with Crippen molar-refractivity contribution in [3.8, 4) is 17.2 Å². The van der Waals surface area contributed by atoms with Crippen LogP contribution in [0.5, 0.6) is 17.2 Å². The Morgan fingerprint density at radius 1 is 0.830 bits per heavy atom. The van der Waals surface area contributed by atoms with Gasteiger partial charge in [0.2, 0.25) is 11.8 Å². The molecule has 0 saturated carbocycles. The molecule has 0 unspecified atom stereocenters. The molecule has 3 amide bonds. The standard InChI is InChI=1S/C32H31I4N3O8/c1-45-31(43)26(15-20-13-24(35)30(25(36)14-20)47-21-16-22(33)29(42)23(34)17-21)37-27(40)7-8-28(41)38-9-11-39(12-10-38)32(44)46-18-19-5-3-2-4-6-19/h2-6,13-14,16-17,26,42H,7-12,15,18H2,1H3,(H,37,40)/t26-/m0/s1. The summed E-state index contributed by atoms with van der Waals surface area (Å²) in [5.74, 6) is 0.170. The number of hydrogen-bond donors (Lipinski definition) is 2. The molecule has 1 aliphatic rings. The van der Waals surface area contributed by atoms with Gasteiger partial charge in [-0.25, -0.2) is 9.59 Å². The fraction of sp³-hybridized carbons (Fsp3) is 0.312. The molecule has 47 heavy (non-hydrogen) atoms. The summed E-state index contributed by atoms with van der Waals surface area (Å²) < 4.78 is 19.4. The molecule has 11 nitrogen and oxygen atoms in total. The average molecular weight is 1090 g/mol. The number of carbonyl (C=O) groups excluding carboxylic acids is 4. The summed E-state index contributed by atoms with van der Waals surface area (Å²) in [5.41, 5.74) is 1.68. The summed E-state index contributed by atoms with van der Waals surface area (Å²) in [6.45, 7) is 1.54. The van der Waals surface area contributed by atoms with E-state index in [2.05, 4.69) is 50.5 Å². The fourth-order valence-electron chi connectivity index (χ4n) is 4.71. The van der Waals surface area contributed by atoms with Gasteiger partial charge in [0.25, 0.3) is 0 Å². The molecule has 1 fully saturated rings. The number of methoxy groups -OCH3 is 1. The summed E-state index contributed by atoms with van der Waals surface area (Å²) in [5, 5.41) is 12.8. The van der Waals surface area contributed by atoms with E-state index in [0.29, 0.717) is 44.8 Å². The van der Waals surface area contributed by atoms with E-state index in [9.17, 15) is 24.3 Å².